The van der Waals surface area contributed by atoms with Gasteiger partial charge in [0.1, 0.15) is 0 Å². The third kappa shape index (κ3) is 4.68. The Hall–Kier alpha value is -0.320. The molecule has 1 saturated heterocycles. The Morgan fingerprint density at radius 1 is 1.56 bits per heavy atom. The predicted molar refractivity (Wildman–Crippen MR) is 62.7 cm³/mol. The summed E-state index contributed by atoms with van der Waals surface area (Å²) in [6, 6.07) is 0. The Labute approximate surface area is 102 Å². The second kappa shape index (κ2) is 7.87. The molecule has 94 valence electrons. The fourth-order valence-electron chi connectivity index (χ4n) is 1.75. The first-order valence-electron chi connectivity index (χ1n) is 5.78. The standard InChI is InChI=1S/C11H20ClNO3/c1-9-10(3-7-16-9)11(14)13-5-2-6-15-8-4-12/h9-10H,2-8H2,1H3,(H,13,14). The van der Waals surface area contributed by atoms with Crippen LogP contribution in [0.2, 0.25) is 0 Å². The maximum absolute atomic E-state index is 11.7. The van der Waals surface area contributed by atoms with Crippen LogP contribution in [0.4, 0.5) is 0 Å². The molecule has 1 amide bonds. The summed E-state index contributed by atoms with van der Waals surface area (Å²) in [5.74, 6) is 0.634. The summed E-state index contributed by atoms with van der Waals surface area (Å²) in [6.07, 6.45) is 1.70. The molecule has 0 radical (unpaired) electrons. The second-order valence-electron chi connectivity index (χ2n) is 3.92. The van der Waals surface area contributed by atoms with Crippen molar-refractivity contribution in [1.29, 1.82) is 0 Å². The zero-order chi connectivity index (χ0) is 11.8. The summed E-state index contributed by atoms with van der Waals surface area (Å²) >= 11 is 5.46. The van der Waals surface area contributed by atoms with Crippen LogP contribution in [0.25, 0.3) is 0 Å². The van der Waals surface area contributed by atoms with Gasteiger partial charge in [-0.3, -0.25) is 4.79 Å². The van der Waals surface area contributed by atoms with Gasteiger partial charge in [0.25, 0.3) is 0 Å². The fourth-order valence-corrected chi connectivity index (χ4v) is 1.86. The zero-order valence-corrected chi connectivity index (χ0v) is 10.5. The highest BCUT2D eigenvalue weighted by Crippen LogP contribution is 2.20. The van der Waals surface area contributed by atoms with Gasteiger partial charge >= 0.3 is 0 Å². The molecule has 5 heteroatoms. The van der Waals surface area contributed by atoms with Gasteiger partial charge in [-0.25, -0.2) is 0 Å². The number of carbonyl (C=O) groups is 1. The number of ether oxygens (including phenoxy) is 2. The van der Waals surface area contributed by atoms with Crippen molar-refractivity contribution in [1.82, 2.24) is 5.32 Å². The molecule has 16 heavy (non-hydrogen) atoms. The zero-order valence-electron chi connectivity index (χ0n) is 9.71. The van der Waals surface area contributed by atoms with Gasteiger partial charge in [-0.2, -0.15) is 0 Å². The van der Waals surface area contributed by atoms with Crippen LogP contribution in [0.1, 0.15) is 19.8 Å². The summed E-state index contributed by atoms with van der Waals surface area (Å²) in [5, 5.41) is 2.90. The molecule has 0 aromatic rings. The molecule has 2 atom stereocenters. The van der Waals surface area contributed by atoms with E-state index in [1.54, 1.807) is 0 Å². The van der Waals surface area contributed by atoms with Gasteiger partial charge < -0.3 is 14.8 Å². The Morgan fingerprint density at radius 2 is 2.38 bits per heavy atom. The van der Waals surface area contributed by atoms with Crippen LogP contribution in [-0.2, 0) is 14.3 Å². The monoisotopic (exact) mass is 249 g/mol. The third-order valence-electron chi connectivity index (χ3n) is 2.70. The maximum Gasteiger partial charge on any atom is 0.225 e. The van der Waals surface area contributed by atoms with E-state index in [0.717, 1.165) is 12.8 Å². The Morgan fingerprint density at radius 3 is 3.00 bits per heavy atom. The van der Waals surface area contributed by atoms with Crippen molar-refractivity contribution in [2.24, 2.45) is 5.92 Å². The van der Waals surface area contributed by atoms with E-state index < -0.39 is 0 Å². The van der Waals surface area contributed by atoms with Gasteiger partial charge in [0, 0.05) is 25.6 Å². The highest BCUT2D eigenvalue weighted by atomic mass is 35.5. The minimum absolute atomic E-state index is 0.0174. The van der Waals surface area contributed by atoms with Crippen LogP contribution < -0.4 is 5.32 Å². The minimum Gasteiger partial charge on any atom is -0.380 e. The minimum atomic E-state index is 0.0174. The van der Waals surface area contributed by atoms with Crippen molar-refractivity contribution in [2.75, 3.05) is 32.2 Å². The Kier molecular flexibility index (Phi) is 6.76. The number of rotatable bonds is 7. The molecule has 0 aliphatic carbocycles. The summed E-state index contributed by atoms with van der Waals surface area (Å²) in [4.78, 5) is 11.7. The van der Waals surface area contributed by atoms with Crippen molar-refractivity contribution >= 4 is 17.5 Å². The molecule has 1 aliphatic heterocycles. The first-order valence-corrected chi connectivity index (χ1v) is 6.32. The normalized spacial score (nSPS) is 24.6. The second-order valence-corrected chi connectivity index (χ2v) is 4.29. The molecule has 0 bridgehead atoms. The van der Waals surface area contributed by atoms with Crippen molar-refractivity contribution in [3.63, 3.8) is 0 Å². The average molecular weight is 250 g/mol. The molecule has 2 unspecified atom stereocenters. The fraction of sp³-hybridized carbons (Fsp3) is 0.909. The molecule has 0 saturated carbocycles. The van der Waals surface area contributed by atoms with Crippen LogP contribution in [0, 0.1) is 5.92 Å². The SMILES string of the molecule is CC1OCCC1C(=O)NCCCOCCCl. The topological polar surface area (TPSA) is 47.6 Å². The first kappa shape index (κ1) is 13.7. The molecule has 1 rings (SSSR count). The van der Waals surface area contributed by atoms with Gasteiger partial charge in [0.05, 0.1) is 18.6 Å². The van der Waals surface area contributed by atoms with Crippen LogP contribution in [0.5, 0.6) is 0 Å². The molecule has 1 heterocycles. The van der Waals surface area contributed by atoms with E-state index in [2.05, 4.69) is 5.32 Å². The maximum atomic E-state index is 11.7. The van der Waals surface area contributed by atoms with E-state index in [1.807, 2.05) is 6.92 Å². The van der Waals surface area contributed by atoms with E-state index in [0.29, 0.717) is 32.2 Å². The molecule has 4 nitrogen and oxygen atoms in total. The Balaban J connectivity index is 2.02. The lowest BCUT2D eigenvalue weighted by Gasteiger charge is -2.13. The number of nitrogens with one attached hydrogen (secondary N) is 1. The van der Waals surface area contributed by atoms with E-state index >= 15 is 0 Å². The lowest BCUT2D eigenvalue weighted by Crippen LogP contribution is -2.35. The highest BCUT2D eigenvalue weighted by Gasteiger charge is 2.30. The van der Waals surface area contributed by atoms with Gasteiger partial charge in [-0.05, 0) is 19.8 Å². The quantitative estimate of drug-likeness (QED) is 0.544. The van der Waals surface area contributed by atoms with Crippen LogP contribution >= 0.6 is 11.6 Å². The molecule has 1 aliphatic rings. The van der Waals surface area contributed by atoms with E-state index in [4.69, 9.17) is 21.1 Å². The van der Waals surface area contributed by atoms with Crippen molar-refractivity contribution < 1.29 is 14.3 Å². The van der Waals surface area contributed by atoms with Crippen molar-refractivity contribution in [3.05, 3.63) is 0 Å². The molecule has 0 aromatic heterocycles. The smallest absolute Gasteiger partial charge is 0.225 e. The summed E-state index contributed by atoms with van der Waals surface area (Å²) in [6.45, 7) is 4.51. The molecular weight excluding hydrogens is 230 g/mol. The highest BCUT2D eigenvalue weighted by molar-refractivity contribution is 6.17. The Bertz CT molecular complexity index is 213. The van der Waals surface area contributed by atoms with Crippen LogP contribution in [-0.4, -0.2) is 44.3 Å². The number of carbonyl (C=O) groups excluding carboxylic acids is 1. The number of halogens is 1. The predicted octanol–water partition coefficient (Wildman–Crippen LogP) is 1.17. The lowest BCUT2D eigenvalue weighted by atomic mass is 10.0. The van der Waals surface area contributed by atoms with Gasteiger partial charge in [-0.15, -0.1) is 11.6 Å². The van der Waals surface area contributed by atoms with Crippen molar-refractivity contribution in [2.45, 2.75) is 25.9 Å². The van der Waals surface area contributed by atoms with E-state index in [1.165, 1.54) is 0 Å². The molecular formula is C11H20ClNO3. The number of alkyl halides is 1. The van der Waals surface area contributed by atoms with Crippen molar-refractivity contribution in [3.8, 4) is 0 Å². The van der Waals surface area contributed by atoms with E-state index in [9.17, 15) is 4.79 Å². The van der Waals surface area contributed by atoms with Gasteiger partial charge in [0.15, 0.2) is 0 Å². The largest absolute Gasteiger partial charge is 0.380 e. The average Bonchev–Trinajstić information content (AvgIpc) is 2.69. The molecule has 1 fully saturated rings. The van der Waals surface area contributed by atoms with Crippen LogP contribution in [0.3, 0.4) is 0 Å². The lowest BCUT2D eigenvalue weighted by molar-refractivity contribution is -0.126. The first-order chi connectivity index (χ1) is 7.75. The molecule has 0 spiro atoms. The molecule has 0 aromatic carbocycles. The summed E-state index contributed by atoms with van der Waals surface area (Å²) < 4.78 is 10.5. The number of hydrogen-bond donors (Lipinski definition) is 1. The summed E-state index contributed by atoms with van der Waals surface area (Å²) in [7, 11) is 0. The van der Waals surface area contributed by atoms with Gasteiger partial charge in [-0.1, -0.05) is 0 Å². The number of hydrogen-bond acceptors (Lipinski definition) is 3. The molecule has 1 N–H and O–H groups in total. The van der Waals surface area contributed by atoms with Crippen LogP contribution in [0.15, 0.2) is 0 Å². The summed E-state index contributed by atoms with van der Waals surface area (Å²) in [5.41, 5.74) is 0. The number of amides is 1. The van der Waals surface area contributed by atoms with E-state index in [-0.39, 0.29) is 17.9 Å². The van der Waals surface area contributed by atoms with Gasteiger partial charge in [0.2, 0.25) is 5.91 Å². The third-order valence-corrected chi connectivity index (χ3v) is 2.85.